The van der Waals surface area contributed by atoms with Gasteiger partial charge in [0.15, 0.2) is 0 Å². The van der Waals surface area contributed by atoms with Crippen LogP contribution in [0.25, 0.3) is 0 Å². The van der Waals surface area contributed by atoms with E-state index in [4.69, 9.17) is 0 Å². The van der Waals surface area contributed by atoms with E-state index in [1.54, 1.807) is 0 Å². The molecule has 8 heteroatoms. The van der Waals surface area contributed by atoms with E-state index in [2.05, 4.69) is 0 Å². The molecule has 0 aromatic rings. The largest absolute Gasteiger partial charge is 0.759 e. The van der Waals surface area contributed by atoms with Gasteiger partial charge in [-0.25, -0.2) is 16.8 Å². The lowest BCUT2D eigenvalue weighted by Gasteiger charge is -2.21. The molecule has 0 radical (unpaired) electrons. The van der Waals surface area contributed by atoms with Crippen molar-refractivity contribution in [3.63, 3.8) is 0 Å². The lowest BCUT2D eigenvalue weighted by molar-refractivity contribution is 0.545. The topological polar surface area (TPSA) is 94.6 Å². The second-order valence-electron chi connectivity index (χ2n) is 1.69. The first kappa shape index (κ1) is 9.82. The zero-order valence-corrected chi connectivity index (χ0v) is 6.94. The van der Waals surface area contributed by atoms with E-state index >= 15 is 0 Å². The number of nitrogens with zero attached hydrogens (tertiary/aromatic N) is 1. The van der Waals surface area contributed by atoms with E-state index in [0.29, 0.717) is 12.5 Å². The van der Waals surface area contributed by atoms with Crippen LogP contribution in [-0.4, -0.2) is 33.2 Å². The van der Waals surface area contributed by atoms with Crippen molar-refractivity contribution in [3.8, 4) is 0 Å². The number of hydrogen-bond donors (Lipinski definition) is 0. The standard InChI is InChI=1S/C2H6NO5S2/c1-9(5,6)3(4)10(2,7)8/h1-2H3/q-1. The Bertz CT molecular complexity index is 267. The smallest absolute Gasteiger partial charge is 0.213 e. The molecule has 0 aliphatic heterocycles. The van der Waals surface area contributed by atoms with Crippen LogP contribution < -0.4 is 0 Å². The first-order valence-electron chi connectivity index (χ1n) is 2.03. The SMILES string of the molecule is CS(=O)(=O)N([O-])S(C)(=O)=O. The van der Waals surface area contributed by atoms with Gasteiger partial charge in [0, 0.05) is 0 Å². The highest BCUT2D eigenvalue weighted by Gasteiger charge is 2.14. The molecule has 0 bridgehead atoms. The predicted octanol–water partition coefficient (Wildman–Crippen LogP) is -1.29. The maximum Gasteiger partial charge on any atom is 0.213 e. The summed E-state index contributed by atoms with van der Waals surface area (Å²) in [5.74, 6) is 0. The van der Waals surface area contributed by atoms with Gasteiger partial charge in [-0.3, -0.25) is 0 Å². The first-order valence-corrected chi connectivity index (χ1v) is 5.73. The van der Waals surface area contributed by atoms with Gasteiger partial charge in [-0.15, -0.1) is 0 Å². The van der Waals surface area contributed by atoms with Gasteiger partial charge >= 0.3 is 0 Å². The highest BCUT2D eigenvalue weighted by Crippen LogP contribution is 2.00. The van der Waals surface area contributed by atoms with Gasteiger partial charge in [0.05, 0.1) is 12.5 Å². The Kier molecular flexibility index (Phi) is 2.41. The lowest BCUT2D eigenvalue weighted by Crippen LogP contribution is -2.29. The number of hydrogen-bond acceptors (Lipinski definition) is 5. The summed E-state index contributed by atoms with van der Waals surface area (Å²) in [4.78, 5) is 0. The summed E-state index contributed by atoms with van der Waals surface area (Å²) in [6.45, 7) is 0. The van der Waals surface area contributed by atoms with Gasteiger partial charge < -0.3 is 5.21 Å². The van der Waals surface area contributed by atoms with Crippen LogP contribution in [0.4, 0.5) is 0 Å². The molecule has 0 aliphatic carbocycles. The Morgan fingerprint density at radius 3 is 1.20 bits per heavy atom. The van der Waals surface area contributed by atoms with Crippen LogP contribution in [0.1, 0.15) is 0 Å². The minimum Gasteiger partial charge on any atom is -0.759 e. The third kappa shape index (κ3) is 2.60. The van der Waals surface area contributed by atoms with E-state index in [0.717, 1.165) is 0 Å². The lowest BCUT2D eigenvalue weighted by atomic mass is 12.0. The molecule has 0 N–H and O–H groups in total. The van der Waals surface area contributed by atoms with Crippen molar-refractivity contribution in [1.82, 2.24) is 3.87 Å². The quantitative estimate of drug-likeness (QED) is 0.502. The fraction of sp³-hybridized carbons (Fsp3) is 1.00. The molecule has 0 fully saturated rings. The first-order chi connectivity index (χ1) is 4.15. The Morgan fingerprint density at radius 1 is 1.00 bits per heavy atom. The molecule has 0 atom stereocenters. The zero-order valence-electron chi connectivity index (χ0n) is 5.30. The molecule has 0 unspecified atom stereocenters. The summed E-state index contributed by atoms with van der Waals surface area (Å²) < 4.78 is 39.9. The third-order valence-corrected chi connectivity index (χ3v) is 3.25. The van der Waals surface area contributed by atoms with Crippen LogP contribution in [0.15, 0.2) is 0 Å². The molecule has 0 aliphatic rings. The second kappa shape index (κ2) is 2.46. The summed E-state index contributed by atoms with van der Waals surface area (Å²) in [5.41, 5.74) is 0. The van der Waals surface area contributed by atoms with Gasteiger partial charge in [0.1, 0.15) is 0 Å². The van der Waals surface area contributed by atoms with Crippen LogP contribution in [0.2, 0.25) is 0 Å². The fourth-order valence-corrected chi connectivity index (χ4v) is 2.21. The van der Waals surface area contributed by atoms with Crippen LogP contribution >= 0.6 is 0 Å². The van der Waals surface area contributed by atoms with Gasteiger partial charge in [-0.1, -0.05) is 0 Å². The Hall–Kier alpha value is -0.180. The van der Waals surface area contributed by atoms with E-state index in [1.165, 1.54) is 0 Å². The van der Waals surface area contributed by atoms with Crippen molar-refractivity contribution in [3.05, 3.63) is 5.21 Å². The molecule has 0 aromatic heterocycles. The molecule has 0 saturated heterocycles. The molecule has 0 saturated carbocycles. The van der Waals surface area contributed by atoms with Gasteiger partial charge in [0.2, 0.25) is 20.0 Å². The van der Waals surface area contributed by atoms with Crippen molar-refractivity contribution in [2.24, 2.45) is 0 Å². The Balaban J connectivity index is 4.94. The third-order valence-electron chi connectivity index (χ3n) is 0.542. The van der Waals surface area contributed by atoms with Crippen LogP contribution in [0, 0.1) is 5.21 Å². The molecule has 10 heavy (non-hydrogen) atoms. The van der Waals surface area contributed by atoms with E-state index in [-0.39, 0.29) is 0 Å². The predicted molar refractivity (Wildman–Crippen MR) is 34.9 cm³/mol. The van der Waals surface area contributed by atoms with Crippen molar-refractivity contribution in [1.29, 1.82) is 0 Å². The van der Waals surface area contributed by atoms with Crippen molar-refractivity contribution in [2.45, 2.75) is 0 Å². The highest BCUT2D eigenvalue weighted by atomic mass is 32.3. The summed E-state index contributed by atoms with van der Waals surface area (Å²) in [6.07, 6.45) is 1.03. The van der Waals surface area contributed by atoms with Crippen molar-refractivity contribution < 1.29 is 16.8 Å². The molecule has 0 spiro atoms. The van der Waals surface area contributed by atoms with Gasteiger partial charge in [-0.05, 0) is 0 Å². The highest BCUT2D eigenvalue weighted by molar-refractivity contribution is 8.03. The summed E-state index contributed by atoms with van der Waals surface area (Å²) in [5, 5.41) is 10.2. The monoisotopic (exact) mass is 188 g/mol. The molecule has 62 valence electrons. The minimum atomic E-state index is -4.17. The van der Waals surface area contributed by atoms with Crippen LogP contribution in [0.3, 0.4) is 0 Å². The van der Waals surface area contributed by atoms with Crippen LogP contribution in [-0.2, 0) is 20.0 Å². The summed E-state index contributed by atoms with van der Waals surface area (Å²) in [7, 11) is -8.34. The summed E-state index contributed by atoms with van der Waals surface area (Å²) >= 11 is 0. The molecule has 0 rings (SSSR count). The average Bonchev–Trinajstić information content (AvgIpc) is 1.59. The number of sulfonamides is 2. The van der Waals surface area contributed by atoms with E-state index < -0.39 is 23.9 Å². The van der Waals surface area contributed by atoms with Crippen molar-refractivity contribution in [2.75, 3.05) is 12.5 Å². The molecule has 0 aromatic carbocycles. The zero-order chi connectivity index (χ0) is 8.58. The maximum absolute atomic E-state index is 10.2. The molecular formula is C2H6NO5S2-. The van der Waals surface area contributed by atoms with Gasteiger partial charge in [-0.2, -0.15) is 3.87 Å². The van der Waals surface area contributed by atoms with E-state index in [1.807, 2.05) is 0 Å². The van der Waals surface area contributed by atoms with Crippen molar-refractivity contribution >= 4 is 20.0 Å². The average molecular weight is 188 g/mol. The van der Waals surface area contributed by atoms with Crippen LogP contribution in [0.5, 0.6) is 0 Å². The fourth-order valence-electron chi connectivity index (χ4n) is 0.246. The second-order valence-corrected chi connectivity index (χ2v) is 5.52. The maximum atomic E-state index is 10.2. The number of rotatable bonds is 2. The molecular weight excluding hydrogens is 182 g/mol. The molecule has 0 heterocycles. The van der Waals surface area contributed by atoms with E-state index in [9.17, 15) is 22.0 Å². The Labute approximate surface area is 59.1 Å². The van der Waals surface area contributed by atoms with Gasteiger partial charge in [0.25, 0.3) is 0 Å². The Morgan fingerprint density at radius 2 is 1.20 bits per heavy atom. The molecule has 6 nitrogen and oxygen atoms in total. The normalized spacial score (nSPS) is 14.0. The molecule has 0 amide bonds. The summed E-state index contributed by atoms with van der Waals surface area (Å²) in [6, 6.07) is 0. The minimum absolute atomic E-state index is 0.515.